The molecule has 0 saturated heterocycles. The van der Waals surface area contributed by atoms with Gasteiger partial charge in [-0.25, -0.2) is 5.84 Å². The first-order valence-corrected chi connectivity index (χ1v) is 6.44. The van der Waals surface area contributed by atoms with Crippen molar-refractivity contribution >= 4 is 5.96 Å². The summed E-state index contributed by atoms with van der Waals surface area (Å²) in [5.74, 6) is 7.11. The number of nitrogens with two attached hydrogens (primary N) is 1. The molecule has 0 aromatic rings. The average Bonchev–Trinajstić information content (AvgIpc) is 2.30. The van der Waals surface area contributed by atoms with Crippen LogP contribution in [-0.4, -0.2) is 30.5 Å². The lowest BCUT2D eigenvalue weighted by Gasteiger charge is -2.37. The standard InChI is InChI=1S/C12H26N4/c1-4-9-14-12(15-13)16(3)11-8-6-5-7-10(11)2/h10-11H,4-9,13H2,1-3H3,(H,14,15). The molecule has 4 nitrogen and oxygen atoms in total. The van der Waals surface area contributed by atoms with E-state index in [4.69, 9.17) is 5.84 Å². The van der Waals surface area contributed by atoms with Gasteiger partial charge in [0.15, 0.2) is 0 Å². The van der Waals surface area contributed by atoms with Crippen molar-refractivity contribution < 1.29 is 0 Å². The lowest BCUT2D eigenvalue weighted by Crippen LogP contribution is -2.50. The smallest absolute Gasteiger partial charge is 0.208 e. The molecule has 4 heteroatoms. The molecule has 0 bridgehead atoms. The quantitative estimate of drug-likeness (QED) is 0.333. The maximum absolute atomic E-state index is 5.54. The molecule has 2 atom stereocenters. The number of nitrogens with one attached hydrogen (secondary N) is 1. The molecule has 0 heterocycles. The number of hydrogen-bond acceptors (Lipinski definition) is 2. The summed E-state index contributed by atoms with van der Waals surface area (Å²) in [5, 5.41) is 0. The summed E-state index contributed by atoms with van der Waals surface area (Å²) >= 11 is 0. The fraction of sp³-hybridized carbons (Fsp3) is 0.917. The highest BCUT2D eigenvalue weighted by atomic mass is 15.4. The first-order valence-electron chi connectivity index (χ1n) is 6.44. The van der Waals surface area contributed by atoms with Crippen molar-refractivity contribution in [2.24, 2.45) is 16.8 Å². The lowest BCUT2D eigenvalue weighted by atomic mass is 9.85. The van der Waals surface area contributed by atoms with Crippen LogP contribution in [0.1, 0.15) is 46.0 Å². The summed E-state index contributed by atoms with van der Waals surface area (Å²) < 4.78 is 0. The Kier molecular flexibility index (Phi) is 5.60. The van der Waals surface area contributed by atoms with Crippen LogP contribution in [0.4, 0.5) is 0 Å². The Hall–Kier alpha value is -0.770. The largest absolute Gasteiger partial charge is 0.342 e. The van der Waals surface area contributed by atoms with Gasteiger partial charge in [0, 0.05) is 19.6 Å². The third-order valence-electron chi connectivity index (χ3n) is 3.51. The zero-order valence-electron chi connectivity index (χ0n) is 10.9. The van der Waals surface area contributed by atoms with Crippen molar-refractivity contribution in [3.05, 3.63) is 0 Å². The van der Waals surface area contributed by atoms with E-state index in [9.17, 15) is 0 Å². The van der Waals surface area contributed by atoms with Gasteiger partial charge in [0.1, 0.15) is 0 Å². The van der Waals surface area contributed by atoms with E-state index in [0.29, 0.717) is 6.04 Å². The van der Waals surface area contributed by atoms with Crippen molar-refractivity contribution in [3.8, 4) is 0 Å². The number of hydrogen-bond donors (Lipinski definition) is 2. The predicted octanol–water partition coefficient (Wildman–Crippen LogP) is 1.73. The van der Waals surface area contributed by atoms with E-state index < -0.39 is 0 Å². The molecule has 1 aliphatic carbocycles. The van der Waals surface area contributed by atoms with Gasteiger partial charge in [0.05, 0.1) is 0 Å². The summed E-state index contributed by atoms with van der Waals surface area (Å²) in [6.07, 6.45) is 6.32. The fourth-order valence-corrected chi connectivity index (χ4v) is 2.51. The van der Waals surface area contributed by atoms with Gasteiger partial charge in [-0.1, -0.05) is 26.7 Å². The molecule has 1 fully saturated rings. The summed E-state index contributed by atoms with van der Waals surface area (Å²) in [4.78, 5) is 6.70. The van der Waals surface area contributed by atoms with Gasteiger partial charge >= 0.3 is 0 Å². The van der Waals surface area contributed by atoms with Crippen LogP contribution >= 0.6 is 0 Å². The molecular weight excluding hydrogens is 200 g/mol. The average molecular weight is 226 g/mol. The third-order valence-corrected chi connectivity index (χ3v) is 3.51. The lowest BCUT2D eigenvalue weighted by molar-refractivity contribution is 0.200. The Bertz CT molecular complexity index is 227. The van der Waals surface area contributed by atoms with Crippen molar-refractivity contribution in [1.29, 1.82) is 0 Å². The van der Waals surface area contributed by atoms with Gasteiger partial charge in [0.2, 0.25) is 5.96 Å². The number of aliphatic imine (C=N–C) groups is 1. The van der Waals surface area contributed by atoms with Crippen LogP contribution in [-0.2, 0) is 0 Å². The molecule has 16 heavy (non-hydrogen) atoms. The molecule has 0 amide bonds. The van der Waals surface area contributed by atoms with E-state index in [2.05, 4.69) is 36.2 Å². The van der Waals surface area contributed by atoms with Crippen LogP contribution in [0.2, 0.25) is 0 Å². The monoisotopic (exact) mass is 226 g/mol. The van der Waals surface area contributed by atoms with Crippen LogP contribution in [0.5, 0.6) is 0 Å². The van der Waals surface area contributed by atoms with Crippen LogP contribution in [0, 0.1) is 5.92 Å². The summed E-state index contributed by atoms with van der Waals surface area (Å²) in [6.45, 7) is 5.29. The maximum Gasteiger partial charge on any atom is 0.208 e. The summed E-state index contributed by atoms with van der Waals surface area (Å²) in [5.41, 5.74) is 2.73. The Morgan fingerprint density at radius 1 is 1.44 bits per heavy atom. The normalized spacial score (nSPS) is 26.6. The minimum atomic E-state index is 0.584. The van der Waals surface area contributed by atoms with E-state index in [1.54, 1.807) is 0 Å². The van der Waals surface area contributed by atoms with E-state index in [1.807, 2.05) is 0 Å². The van der Waals surface area contributed by atoms with Crippen LogP contribution in [0.15, 0.2) is 4.99 Å². The Balaban J connectivity index is 2.61. The van der Waals surface area contributed by atoms with Crippen molar-refractivity contribution in [1.82, 2.24) is 10.3 Å². The van der Waals surface area contributed by atoms with Gasteiger partial charge < -0.3 is 4.90 Å². The Labute approximate surface area is 99.3 Å². The topological polar surface area (TPSA) is 53.6 Å². The number of rotatable bonds is 3. The van der Waals surface area contributed by atoms with Crippen LogP contribution in [0.25, 0.3) is 0 Å². The van der Waals surface area contributed by atoms with E-state index in [1.165, 1.54) is 25.7 Å². The molecule has 0 aliphatic heterocycles. The second-order valence-electron chi connectivity index (χ2n) is 4.79. The molecule has 2 unspecified atom stereocenters. The minimum absolute atomic E-state index is 0.584. The Morgan fingerprint density at radius 2 is 2.12 bits per heavy atom. The Morgan fingerprint density at radius 3 is 2.69 bits per heavy atom. The number of nitrogens with zero attached hydrogens (tertiary/aromatic N) is 2. The molecule has 0 aromatic heterocycles. The van der Waals surface area contributed by atoms with Gasteiger partial charge in [-0.15, -0.1) is 0 Å². The highest BCUT2D eigenvalue weighted by molar-refractivity contribution is 5.79. The molecule has 0 spiro atoms. The zero-order chi connectivity index (χ0) is 12.0. The number of hydrazine groups is 1. The maximum atomic E-state index is 5.54. The molecule has 0 radical (unpaired) electrons. The molecule has 1 saturated carbocycles. The summed E-state index contributed by atoms with van der Waals surface area (Å²) in [6, 6.07) is 0.584. The minimum Gasteiger partial charge on any atom is -0.342 e. The van der Waals surface area contributed by atoms with Gasteiger partial charge in [-0.3, -0.25) is 10.4 Å². The fourth-order valence-electron chi connectivity index (χ4n) is 2.51. The number of guanidine groups is 1. The van der Waals surface area contributed by atoms with Gasteiger partial charge in [0.25, 0.3) is 0 Å². The molecule has 1 aliphatic rings. The first-order chi connectivity index (χ1) is 7.70. The molecule has 3 N–H and O–H groups in total. The highest BCUT2D eigenvalue weighted by Gasteiger charge is 2.26. The molecular formula is C12H26N4. The van der Waals surface area contributed by atoms with E-state index >= 15 is 0 Å². The van der Waals surface area contributed by atoms with Crippen molar-refractivity contribution in [3.63, 3.8) is 0 Å². The highest BCUT2D eigenvalue weighted by Crippen LogP contribution is 2.27. The van der Waals surface area contributed by atoms with Crippen LogP contribution in [0.3, 0.4) is 0 Å². The molecule has 1 rings (SSSR count). The SMILES string of the molecule is CCCN=C(NN)N(C)C1CCCCC1C. The van der Waals surface area contributed by atoms with Crippen molar-refractivity contribution in [2.45, 2.75) is 52.0 Å². The van der Waals surface area contributed by atoms with Gasteiger partial charge in [-0.05, 0) is 25.2 Å². The molecule has 94 valence electrons. The van der Waals surface area contributed by atoms with E-state index in [-0.39, 0.29) is 0 Å². The predicted molar refractivity (Wildman–Crippen MR) is 69.1 cm³/mol. The van der Waals surface area contributed by atoms with Gasteiger partial charge in [-0.2, -0.15) is 0 Å². The second-order valence-corrected chi connectivity index (χ2v) is 4.79. The van der Waals surface area contributed by atoms with Crippen molar-refractivity contribution in [2.75, 3.05) is 13.6 Å². The van der Waals surface area contributed by atoms with E-state index in [0.717, 1.165) is 24.8 Å². The first kappa shape index (κ1) is 13.3. The summed E-state index contributed by atoms with van der Waals surface area (Å²) in [7, 11) is 2.10. The second kappa shape index (κ2) is 6.74. The third kappa shape index (κ3) is 3.37. The molecule has 0 aromatic carbocycles. The van der Waals surface area contributed by atoms with Crippen LogP contribution < -0.4 is 11.3 Å². The zero-order valence-corrected chi connectivity index (χ0v) is 10.9.